The Hall–Kier alpha value is -0.270. The van der Waals surface area contributed by atoms with Crippen LogP contribution in [0.2, 0.25) is 0 Å². The zero-order chi connectivity index (χ0) is 13.0. The number of aromatic nitrogens is 2. The predicted octanol–water partition coefficient (Wildman–Crippen LogP) is 2.61. The molecule has 1 saturated heterocycles. The van der Waals surface area contributed by atoms with E-state index in [1.165, 1.54) is 35.1 Å². The molecule has 2 rings (SSSR count). The van der Waals surface area contributed by atoms with E-state index in [0.29, 0.717) is 5.75 Å². The van der Waals surface area contributed by atoms with Crippen molar-refractivity contribution in [2.45, 2.75) is 29.3 Å². The number of amides is 1. The third-order valence-electron chi connectivity index (χ3n) is 3.03. The first-order chi connectivity index (χ1) is 8.69. The van der Waals surface area contributed by atoms with Gasteiger partial charge in [-0.05, 0) is 36.5 Å². The van der Waals surface area contributed by atoms with E-state index in [0.717, 1.165) is 41.3 Å². The van der Waals surface area contributed by atoms with Crippen LogP contribution in [0.3, 0.4) is 0 Å². The molecule has 7 heteroatoms. The van der Waals surface area contributed by atoms with Gasteiger partial charge in [0.15, 0.2) is 4.34 Å². The highest BCUT2D eigenvalue weighted by atomic mass is 32.2. The summed E-state index contributed by atoms with van der Waals surface area (Å²) in [6.07, 6.45) is 4.22. The van der Waals surface area contributed by atoms with E-state index in [9.17, 15) is 4.79 Å². The Bertz CT molecular complexity index is 402. The maximum atomic E-state index is 12.0. The molecular weight excluding hydrogens is 286 g/mol. The van der Waals surface area contributed by atoms with Gasteiger partial charge in [0.25, 0.3) is 0 Å². The van der Waals surface area contributed by atoms with Crippen molar-refractivity contribution in [2.24, 2.45) is 5.92 Å². The zero-order valence-corrected chi connectivity index (χ0v) is 13.0. The lowest BCUT2D eigenvalue weighted by atomic mass is 9.99. The van der Waals surface area contributed by atoms with Crippen molar-refractivity contribution >= 4 is 41.0 Å². The van der Waals surface area contributed by atoms with E-state index >= 15 is 0 Å². The van der Waals surface area contributed by atoms with Crippen LogP contribution >= 0.6 is 35.1 Å². The van der Waals surface area contributed by atoms with E-state index < -0.39 is 0 Å². The molecule has 1 aromatic heterocycles. The summed E-state index contributed by atoms with van der Waals surface area (Å²) in [5.74, 6) is 1.47. The van der Waals surface area contributed by atoms with Gasteiger partial charge in [0, 0.05) is 13.1 Å². The second-order valence-corrected chi connectivity index (χ2v) is 7.15. The molecule has 2 heterocycles. The number of carbonyl (C=O) groups is 1. The summed E-state index contributed by atoms with van der Waals surface area (Å²) in [5, 5.41) is 0.793. The Kier molecular flexibility index (Phi) is 5.32. The lowest BCUT2D eigenvalue weighted by molar-refractivity contribution is -0.129. The van der Waals surface area contributed by atoms with E-state index in [1.807, 2.05) is 11.2 Å². The molecule has 0 aliphatic carbocycles. The van der Waals surface area contributed by atoms with Crippen molar-refractivity contribution in [1.82, 2.24) is 14.3 Å². The van der Waals surface area contributed by atoms with Gasteiger partial charge in [-0.25, -0.2) is 4.98 Å². The monoisotopic (exact) mass is 303 g/mol. The molecule has 0 N–H and O–H groups in total. The highest BCUT2D eigenvalue weighted by Gasteiger charge is 2.20. The van der Waals surface area contributed by atoms with Crippen LogP contribution in [-0.2, 0) is 4.79 Å². The zero-order valence-electron chi connectivity index (χ0n) is 10.6. The SMILES string of the molecule is CSc1nsc(SCC(=O)N2CCC(C)CC2)n1. The molecule has 1 amide bonds. The lowest BCUT2D eigenvalue weighted by Crippen LogP contribution is -2.38. The normalized spacial score (nSPS) is 17.1. The Morgan fingerprint density at radius 1 is 1.50 bits per heavy atom. The maximum Gasteiger partial charge on any atom is 0.233 e. The van der Waals surface area contributed by atoms with Gasteiger partial charge in [-0.1, -0.05) is 30.4 Å². The van der Waals surface area contributed by atoms with Gasteiger partial charge < -0.3 is 4.90 Å². The first-order valence-electron chi connectivity index (χ1n) is 5.97. The minimum Gasteiger partial charge on any atom is -0.342 e. The molecule has 1 fully saturated rings. The van der Waals surface area contributed by atoms with E-state index in [-0.39, 0.29) is 5.91 Å². The van der Waals surface area contributed by atoms with Crippen molar-refractivity contribution in [2.75, 3.05) is 25.1 Å². The molecule has 0 atom stereocenters. The van der Waals surface area contributed by atoms with Gasteiger partial charge in [0.05, 0.1) is 5.75 Å². The molecule has 1 aliphatic rings. The number of likely N-dealkylation sites (tertiary alicyclic amines) is 1. The highest BCUT2D eigenvalue weighted by Crippen LogP contribution is 2.24. The third-order valence-corrected chi connectivity index (χ3v) is 5.51. The summed E-state index contributed by atoms with van der Waals surface area (Å²) < 4.78 is 5.07. The number of hydrogen-bond acceptors (Lipinski definition) is 6. The molecule has 100 valence electrons. The van der Waals surface area contributed by atoms with Crippen molar-refractivity contribution in [1.29, 1.82) is 0 Å². The summed E-state index contributed by atoms with van der Waals surface area (Å²) in [4.78, 5) is 18.3. The quantitative estimate of drug-likeness (QED) is 0.800. The number of thioether (sulfide) groups is 2. The summed E-state index contributed by atoms with van der Waals surface area (Å²) in [6, 6.07) is 0. The first-order valence-corrected chi connectivity index (χ1v) is 8.95. The van der Waals surface area contributed by atoms with Gasteiger partial charge in [-0.15, -0.1) is 0 Å². The summed E-state index contributed by atoms with van der Waals surface area (Å²) in [6.45, 7) is 4.07. The average molecular weight is 303 g/mol. The fourth-order valence-corrected chi connectivity index (χ4v) is 3.92. The van der Waals surface area contributed by atoms with E-state index in [4.69, 9.17) is 0 Å². The predicted molar refractivity (Wildman–Crippen MR) is 77.4 cm³/mol. The maximum absolute atomic E-state index is 12.0. The summed E-state index contributed by atoms with van der Waals surface area (Å²) >= 11 is 4.40. The van der Waals surface area contributed by atoms with E-state index in [1.54, 1.807) is 0 Å². The lowest BCUT2D eigenvalue weighted by Gasteiger charge is -2.30. The van der Waals surface area contributed by atoms with Crippen LogP contribution < -0.4 is 0 Å². The van der Waals surface area contributed by atoms with Crippen LogP contribution in [0.4, 0.5) is 0 Å². The Balaban J connectivity index is 1.77. The van der Waals surface area contributed by atoms with Crippen LogP contribution in [0.1, 0.15) is 19.8 Å². The summed E-state index contributed by atoms with van der Waals surface area (Å²) in [5.41, 5.74) is 0. The molecule has 1 aliphatic heterocycles. The second kappa shape index (κ2) is 6.77. The van der Waals surface area contributed by atoms with Crippen molar-refractivity contribution < 1.29 is 4.79 Å². The Morgan fingerprint density at radius 2 is 2.22 bits per heavy atom. The van der Waals surface area contributed by atoms with Crippen LogP contribution in [-0.4, -0.2) is 45.3 Å². The van der Waals surface area contributed by atoms with Crippen LogP contribution in [0.25, 0.3) is 0 Å². The smallest absolute Gasteiger partial charge is 0.233 e. The molecule has 4 nitrogen and oxygen atoms in total. The molecule has 1 aromatic rings. The first kappa shape index (κ1) is 14.1. The van der Waals surface area contributed by atoms with Gasteiger partial charge in [0.2, 0.25) is 11.1 Å². The van der Waals surface area contributed by atoms with Gasteiger partial charge in [0.1, 0.15) is 0 Å². The average Bonchev–Trinajstić information content (AvgIpc) is 2.85. The largest absolute Gasteiger partial charge is 0.342 e. The minimum absolute atomic E-state index is 0.229. The van der Waals surface area contributed by atoms with Crippen molar-refractivity contribution in [3.8, 4) is 0 Å². The van der Waals surface area contributed by atoms with Crippen LogP contribution in [0.15, 0.2) is 9.50 Å². The molecule has 0 bridgehead atoms. The van der Waals surface area contributed by atoms with Crippen molar-refractivity contribution in [3.05, 3.63) is 0 Å². The van der Waals surface area contributed by atoms with Gasteiger partial charge >= 0.3 is 0 Å². The minimum atomic E-state index is 0.229. The van der Waals surface area contributed by atoms with E-state index in [2.05, 4.69) is 16.3 Å². The van der Waals surface area contributed by atoms with Crippen molar-refractivity contribution in [3.63, 3.8) is 0 Å². The number of rotatable bonds is 4. The molecule has 18 heavy (non-hydrogen) atoms. The van der Waals surface area contributed by atoms with Gasteiger partial charge in [-0.2, -0.15) is 4.37 Å². The number of nitrogens with zero attached hydrogens (tertiary/aromatic N) is 3. The third kappa shape index (κ3) is 3.86. The topological polar surface area (TPSA) is 46.1 Å². The fraction of sp³-hybridized carbons (Fsp3) is 0.727. The van der Waals surface area contributed by atoms with Gasteiger partial charge in [-0.3, -0.25) is 4.79 Å². The Labute approximate surface area is 120 Å². The summed E-state index contributed by atoms with van der Waals surface area (Å²) in [7, 11) is 0. The number of piperidine rings is 1. The molecular formula is C11H17N3OS3. The highest BCUT2D eigenvalue weighted by molar-refractivity contribution is 8.01. The van der Waals surface area contributed by atoms with Crippen LogP contribution in [0.5, 0.6) is 0 Å². The fourth-order valence-electron chi connectivity index (χ4n) is 1.81. The standard InChI is InChI=1S/C11H17N3OS3/c1-8-3-5-14(6-4-8)9(15)7-17-11-12-10(16-2)13-18-11/h8H,3-7H2,1-2H3. The second-order valence-electron chi connectivity index (χ2n) is 4.40. The molecule has 0 saturated carbocycles. The molecule has 0 spiro atoms. The molecule has 0 radical (unpaired) electrons. The van der Waals surface area contributed by atoms with Crippen LogP contribution in [0, 0.1) is 5.92 Å². The molecule has 0 aromatic carbocycles. The number of hydrogen-bond donors (Lipinski definition) is 0. The number of carbonyl (C=O) groups excluding carboxylic acids is 1. The Morgan fingerprint density at radius 3 is 2.83 bits per heavy atom. The molecule has 0 unspecified atom stereocenters.